The molecule has 5 aromatic rings. The van der Waals surface area contributed by atoms with Crippen molar-refractivity contribution in [2.24, 2.45) is 0 Å². The van der Waals surface area contributed by atoms with Gasteiger partial charge >= 0.3 is 0 Å². The zero-order chi connectivity index (χ0) is 46.8. The number of halogens is 1. The molecule has 0 unspecified atom stereocenters. The molecule has 5 aromatic carbocycles. The third-order valence-corrected chi connectivity index (χ3v) is 14.3. The van der Waals surface area contributed by atoms with Crippen LogP contribution in [0.4, 0.5) is 21.5 Å². The van der Waals surface area contributed by atoms with E-state index in [1.165, 1.54) is 25.0 Å². The molecular weight excluding hydrogens is 854 g/mol. The Morgan fingerprint density at radius 2 is 0.882 bits per heavy atom. The van der Waals surface area contributed by atoms with Gasteiger partial charge in [0.15, 0.2) is 0 Å². The molecule has 4 aliphatic heterocycles. The standard InChI is InChI=1S/C56H64FN7O4/c57-45-25-31-48(32-26-45)62(39-41-21-27-46(28-22-41)58-53(65)49-19-13-37-63(49)55(67)51(43-15-5-1-6-16-43)60-33-9-3-10-34-60)40-42-23-29-47(30-24-42)59-54(66)50-20-14-38-64(50)56(68)52(44-17-7-2-8-18-44)61-35-11-4-12-36-61/h1-2,5-8,15-18,21-32,49-52H,3-4,9-14,19-20,33-40H2,(H,58,65)(H,59,66)/t49-,50-,51+,52+/m0/s1. The second-order valence-electron chi connectivity index (χ2n) is 18.9. The van der Waals surface area contributed by atoms with Gasteiger partial charge in [0.05, 0.1) is 0 Å². The number of benzene rings is 5. The number of nitrogens with one attached hydrogen (secondary N) is 2. The van der Waals surface area contributed by atoms with Crippen molar-refractivity contribution in [3.05, 3.63) is 162 Å². The van der Waals surface area contributed by atoms with Crippen molar-refractivity contribution in [1.82, 2.24) is 19.6 Å². The lowest BCUT2D eigenvalue weighted by Gasteiger charge is -2.37. The summed E-state index contributed by atoms with van der Waals surface area (Å²) in [6.07, 6.45) is 9.37. The molecule has 4 atom stereocenters. The minimum Gasteiger partial charge on any atom is -0.363 e. The van der Waals surface area contributed by atoms with Crippen molar-refractivity contribution < 1.29 is 23.6 Å². The zero-order valence-electron chi connectivity index (χ0n) is 39.0. The number of amides is 4. The molecule has 4 amide bonds. The van der Waals surface area contributed by atoms with Crippen LogP contribution in [0.1, 0.15) is 98.5 Å². The Morgan fingerprint density at radius 1 is 0.485 bits per heavy atom. The van der Waals surface area contributed by atoms with Gasteiger partial charge < -0.3 is 25.3 Å². The maximum Gasteiger partial charge on any atom is 0.247 e. The third-order valence-electron chi connectivity index (χ3n) is 14.3. The molecule has 4 saturated heterocycles. The summed E-state index contributed by atoms with van der Waals surface area (Å²) in [5.41, 5.74) is 6.08. The second kappa shape index (κ2) is 22.2. The Bertz CT molecular complexity index is 2310. The zero-order valence-corrected chi connectivity index (χ0v) is 39.0. The Kier molecular flexibility index (Phi) is 15.2. The van der Waals surface area contributed by atoms with Gasteiger partial charge in [-0.15, -0.1) is 0 Å². The van der Waals surface area contributed by atoms with Crippen LogP contribution in [0.3, 0.4) is 0 Å². The van der Waals surface area contributed by atoms with Crippen molar-refractivity contribution in [3.8, 4) is 0 Å². The van der Waals surface area contributed by atoms with Crippen LogP contribution in [-0.2, 0) is 32.3 Å². The Balaban J connectivity index is 0.831. The van der Waals surface area contributed by atoms with Crippen LogP contribution in [0, 0.1) is 5.82 Å². The Labute approximate surface area is 400 Å². The molecular formula is C56H64FN7O4. The number of carbonyl (C=O) groups excluding carboxylic acids is 4. The van der Waals surface area contributed by atoms with Gasteiger partial charge in [-0.3, -0.25) is 29.0 Å². The van der Waals surface area contributed by atoms with E-state index in [1.54, 1.807) is 21.9 Å². The number of likely N-dealkylation sites (tertiary alicyclic amines) is 4. The molecule has 9 rings (SSSR count). The lowest BCUT2D eigenvalue weighted by molar-refractivity contribution is -0.142. The van der Waals surface area contributed by atoms with Crippen LogP contribution in [0.25, 0.3) is 0 Å². The van der Waals surface area contributed by atoms with Gasteiger partial charge in [-0.25, -0.2) is 4.39 Å². The molecule has 4 fully saturated rings. The molecule has 0 bridgehead atoms. The molecule has 0 aliphatic carbocycles. The van der Waals surface area contributed by atoms with E-state index in [1.807, 2.05) is 109 Å². The van der Waals surface area contributed by atoms with Gasteiger partial charge in [0.1, 0.15) is 30.0 Å². The van der Waals surface area contributed by atoms with E-state index in [9.17, 15) is 23.6 Å². The van der Waals surface area contributed by atoms with Crippen molar-refractivity contribution in [2.75, 3.05) is 54.8 Å². The van der Waals surface area contributed by atoms with Crippen molar-refractivity contribution in [2.45, 2.75) is 101 Å². The maximum atomic E-state index is 14.3. The average molecular weight is 918 g/mol. The SMILES string of the molecule is O=C(Nc1ccc(CN(Cc2ccc(NC(=O)[C@@H]3CCCN3C(=O)[C@@H](c3ccccc3)N3CCCCC3)cc2)c2ccc(F)cc2)cc1)[C@@H]1CCCN1C(=O)[C@@H](c1ccccc1)N1CCCCC1. The fourth-order valence-corrected chi connectivity index (χ4v) is 10.7. The summed E-state index contributed by atoms with van der Waals surface area (Å²) in [6.45, 7) is 5.60. The average Bonchev–Trinajstić information content (AvgIpc) is 4.09. The second-order valence-corrected chi connectivity index (χ2v) is 18.9. The monoisotopic (exact) mass is 918 g/mol. The first-order chi connectivity index (χ1) is 33.3. The number of rotatable bonds is 15. The fourth-order valence-electron chi connectivity index (χ4n) is 10.7. The highest BCUT2D eigenvalue weighted by molar-refractivity contribution is 5.99. The minimum atomic E-state index is -0.546. The van der Waals surface area contributed by atoms with Crippen molar-refractivity contribution >= 4 is 40.7 Å². The van der Waals surface area contributed by atoms with E-state index >= 15 is 0 Å². The first-order valence-electron chi connectivity index (χ1n) is 24.8. The Hall–Kier alpha value is -6.37. The van der Waals surface area contributed by atoms with Gasteiger partial charge in [0, 0.05) is 43.2 Å². The smallest absolute Gasteiger partial charge is 0.247 e. The van der Waals surface area contributed by atoms with Crippen LogP contribution in [0.15, 0.2) is 133 Å². The Morgan fingerprint density at radius 3 is 1.28 bits per heavy atom. The molecule has 68 heavy (non-hydrogen) atoms. The van der Waals surface area contributed by atoms with Crippen LogP contribution >= 0.6 is 0 Å². The summed E-state index contributed by atoms with van der Waals surface area (Å²) in [5.74, 6) is -0.685. The quantitative estimate of drug-likeness (QED) is 0.108. The van der Waals surface area contributed by atoms with E-state index in [-0.39, 0.29) is 29.4 Å². The van der Waals surface area contributed by atoms with Gasteiger partial charge in [-0.1, -0.05) is 97.8 Å². The van der Waals surface area contributed by atoms with E-state index in [4.69, 9.17) is 0 Å². The minimum absolute atomic E-state index is 0.00389. The van der Waals surface area contributed by atoms with Gasteiger partial charge in [-0.2, -0.15) is 0 Å². The third kappa shape index (κ3) is 11.1. The number of hydrogen-bond donors (Lipinski definition) is 2. The van der Waals surface area contributed by atoms with Crippen LogP contribution in [-0.4, -0.2) is 94.6 Å². The number of piperidine rings is 2. The summed E-state index contributed by atoms with van der Waals surface area (Å²) in [6, 6.07) is 40.0. The van der Waals surface area contributed by atoms with E-state index < -0.39 is 24.2 Å². The molecule has 4 heterocycles. The maximum absolute atomic E-state index is 14.3. The lowest BCUT2D eigenvalue weighted by atomic mass is 10.00. The largest absolute Gasteiger partial charge is 0.363 e. The molecule has 0 spiro atoms. The van der Waals surface area contributed by atoms with Gasteiger partial charge in [-0.05, 0) is 148 Å². The summed E-state index contributed by atoms with van der Waals surface area (Å²) in [7, 11) is 0. The van der Waals surface area contributed by atoms with Gasteiger partial charge in [0.25, 0.3) is 0 Å². The normalized spacial score (nSPS) is 19.8. The first-order valence-corrected chi connectivity index (χ1v) is 24.8. The predicted octanol–water partition coefficient (Wildman–Crippen LogP) is 9.35. The molecule has 12 heteroatoms. The van der Waals surface area contributed by atoms with Crippen LogP contribution < -0.4 is 15.5 Å². The number of hydrogen-bond acceptors (Lipinski definition) is 7. The molecule has 0 radical (unpaired) electrons. The molecule has 0 saturated carbocycles. The number of carbonyl (C=O) groups is 4. The van der Waals surface area contributed by atoms with Crippen molar-refractivity contribution in [3.63, 3.8) is 0 Å². The van der Waals surface area contributed by atoms with Crippen LogP contribution in [0.2, 0.25) is 0 Å². The summed E-state index contributed by atoms with van der Waals surface area (Å²) >= 11 is 0. The lowest BCUT2D eigenvalue weighted by Crippen LogP contribution is -2.49. The summed E-state index contributed by atoms with van der Waals surface area (Å²) < 4.78 is 14.1. The van der Waals surface area contributed by atoms with E-state index in [2.05, 4.69) is 25.3 Å². The van der Waals surface area contributed by atoms with E-state index in [0.29, 0.717) is 50.4 Å². The molecule has 2 N–H and O–H groups in total. The summed E-state index contributed by atoms with van der Waals surface area (Å²) in [5, 5.41) is 6.20. The summed E-state index contributed by atoms with van der Waals surface area (Å²) in [4.78, 5) is 66.7. The molecule has 354 valence electrons. The topological polar surface area (TPSA) is 109 Å². The van der Waals surface area contributed by atoms with E-state index in [0.717, 1.165) is 92.6 Å². The molecule has 0 aromatic heterocycles. The highest BCUT2D eigenvalue weighted by Gasteiger charge is 2.41. The molecule has 11 nitrogen and oxygen atoms in total. The van der Waals surface area contributed by atoms with Crippen LogP contribution in [0.5, 0.6) is 0 Å². The van der Waals surface area contributed by atoms with Crippen molar-refractivity contribution in [1.29, 1.82) is 0 Å². The number of nitrogens with zero attached hydrogens (tertiary/aromatic N) is 5. The molecule has 4 aliphatic rings. The highest BCUT2D eigenvalue weighted by Crippen LogP contribution is 2.33. The number of anilines is 3. The highest BCUT2D eigenvalue weighted by atomic mass is 19.1. The van der Waals surface area contributed by atoms with Gasteiger partial charge in [0.2, 0.25) is 23.6 Å². The predicted molar refractivity (Wildman–Crippen MR) is 265 cm³/mol. The first kappa shape index (κ1) is 46.7. The fraction of sp³-hybridized carbons (Fsp3) is 0.393.